The highest BCUT2D eigenvalue weighted by molar-refractivity contribution is 7.13. The fourth-order valence-corrected chi connectivity index (χ4v) is 4.31. The quantitative estimate of drug-likeness (QED) is 0.729. The molecule has 0 saturated heterocycles. The molecule has 0 spiro atoms. The van der Waals surface area contributed by atoms with Crippen molar-refractivity contribution in [2.75, 3.05) is 5.32 Å². The Morgan fingerprint density at radius 1 is 1.37 bits per heavy atom. The fraction of sp³-hybridized carbons (Fsp3) is 0.200. The minimum absolute atomic E-state index is 0.143. The number of anilines is 1. The third-order valence-corrected chi connectivity index (χ3v) is 5.69. The number of phenolic OH excluding ortho intramolecular Hbond substituents is 1. The number of carbonyl (C=O) groups is 1. The zero-order valence-electron chi connectivity index (χ0n) is 14.5. The number of hydrogen-bond acceptors (Lipinski definition) is 6. The predicted octanol–water partition coefficient (Wildman–Crippen LogP) is 3.45. The second-order valence-corrected chi connectivity index (χ2v) is 7.68. The minimum Gasteiger partial charge on any atom is -0.508 e. The number of hydrogen-bond donors (Lipinski definition) is 2. The minimum atomic E-state index is -0.796. The predicted molar refractivity (Wildman–Crippen MR) is 101 cm³/mol. The third-order valence-electron chi connectivity index (χ3n) is 5.08. The van der Waals surface area contributed by atoms with Crippen molar-refractivity contribution in [2.24, 2.45) is 5.41 Å². The molecule has 0 bridgehead atoms. The smallest absolute Gasteiger partial charge is 0.233 e. The summed E-state index contributed by atoms with van der Waals surface area (Å²) in [6.45, 7) is 1.91. The SMILES string of the molecule is C[C@@]1(C(=O)Nc2nncs2)Cc2ccc(C#N)cc2[C@@H]1c1cccc(O)c1. The first-order valence-corrected chi connectivity index (χ1v) is 9.29. The van der Waals surface area contributed by atoms with Crippen molar-refractivity contribution in [2.45, 2.75) is 19.3 Å². The van der Waals surface area contributed by atoms with Crippen LogP contribution in [-0.2, 0) is 11.2 Å². The highest BCUT2D eigenvalue weighted by Gasteiger charge is 2.49. The first kappa shape index (κ1) is 17.2. The summed E-state index contributed by atoms with van der Waals surface area (Å²) in [5, 5.41) is 30.2. The van der Waals surface area contributed by atoms with Crippen LogP contribution in [0.5, 0.6) is 5.75 Å². The molecule has 1 aliphatic carbocycles. The van der Waals surface area contributed by atoms with Gasteiger partial charge in [0.2, 0.25) is 11.0 Å². The number of aromatic hydroxyl groups is 1. The summed E-state index contributed by atoms with van der Waals surface area (Å²) >= 11 is 1.26. The lowest BCUT2D eigenvalue weighted by atomic mass is 9.73. The Morgan fingerprint density at radius 2 is 2.22 bits per heavy atom. The molecule has 4 rings (SSSR count). The first-order valence-electron chi connectivity index (χ1n) is 8.41. The second-order valence-electron chi connectivity index (χ2n) is 6.85. The molecule has 0 radical (unpaired) electrons. The number of nitrogens with one attached hydrogen (secondary N) is 1. The molecule has 0 aliphatic heterocycles. The van der Waals surface area contributed by atoms with E-state index in [4.69, 9.17) is 0 Å². The summed E-state index contributed by atoms with van der Waals surface area (Å²) in [6.07, 6.45) is 0.527. The number of amides is 1. The topological polar surface area (TPSA) is 98.9 Å². The van der Waals surface area contributed by atoms with E-state index in [1.165, 1.54) is 11.3 Å². The maximum Gasteiger partial charge on any atom is 0.233 e. The van der Waals surface area contributed by atoms with Crippen molar-refractivity contribution in [3.8, 4) is 11.8 Å². The lowest BCUT2D eigenvalue weighted by molar-refractivity contribution is -0.125. The van der Waals surface area contributed by atoms with Crippen LogP contribution in [0.2, 0.25) is 0 Å². The van der Waals surface area contributed by atoms with E-state index in [1.807, 2.05) is 25.1 Å². The molecule has 6 nitrogen and oxygen atoms in total. The van der Waals surface area contributed by atoms with Crippen molar-refractivity contribution in [3.05, 3.63) is 70.2 Å². The van der Waals surface area contributed by atoms with E-state index in [0.29, 0.717) is 17.1 Å². The van der Waals surface area contributed by atoms with Gasteiger partial charge in [-0.25, -0.2) is 0 Å². The lowest BCUT2D eigenvalue weighted by Gasteiger charge is -2.31. The average Bonchev–Trinajstić information content (AvgIpc) is 3.26. The van der Waals surface area contributed by atoms with Gasteiger partial charge < -0.3 is 10.4 Å². The maximum atomic E-state index is 13.2. The van der Waals surface area contributed by atoms with Crippen molar-refractivity contribution in [1.82, 2.24) is 10.2 Å². The molecule has 1 heterocycles. The summed E-state index contributed by atoms with van der Waals surface area (Å²) < 4.78 is 0. The van der Waals surface area contributed by atoms with Crippen LogP contribution in [0.4, 0.5) is 5.13 Å². The van der Waals surface area contributed by atoms with E-state index in [-0.39, 0.29) is 17.6 Å². The van der Waals surface area contributed by atoms with Crippen molar-refractivity contribution < 1.29 is 9.90 Å². The molecular weight excluding hydrogens is 360 g/mol. The number of rotatable bonds is 3. The van der Waals surface area contributed by atoms with E-state index in [2.05, 4.69) is 21.6 Å². The van der Waals surface area contributed by atoms with Gasteiger partial charge in [0.15, 0.2) is 0 Å². The Hall–Kier alpha value is -3.24. The van der Waals surface area contributed by atoms with Crippen LogP contribution >= 0.6 is 11.3 Å². The Balaban J connectivity index is 1.83. The molecular formula is C20H16N4O2S. The lowest BCUT2D eigenvalue weighted by Crippen LogP contribution is -2.37. The Kier molecular flexibility index (Phi) is 4.13. The van der Waals surface area contributed by atoms with E-state index in [0.717, 1.165) is 16.7 Å². The van der Waals surface area contributed by atoms with Gasteiger partial charge in [0.25, 0.3) is 0 Å². The zero-order chi connectivity index (χ0) is 19.0. The van der Waals surface area contributed by atoms with Crippen LogP contribution in [0.15, 0.2) is 48.0 Å². The first-order chi connectivity index (χ1) is 13.0. The van der Waals surface area contributed by atoms with Gasteiger partial charge >= 0.3 is 0 Å². The van der Waals surface area contributed by atoms with Gasteiger partial charge in [-0.2, -0.15) is 5.26 Å². The van der Waals surface area contributed by atoms with Gasteiger partial charge in [-0.05, 0) is 54.3 Å². The fourth-order valence-electron chi connectivity index (χ4n) is 3.87. The van der Waals surface area contributed by atoms with Crippen LogP contribution in [-0.4, -0.2) is 21.2 Å². The van der Waals surface area contributed by atoms with Gasteiger partial charge in [0, 0.05) is 5.92 Å². The molecule has 7 heteroatoms. The summed E-state index contributed by atoms with van der Waals surface area (Å²) in [5.74, 6) is -0.313. The van der Waals surface area contributed by atoms with Crippen LogP contribution in [0.3, 0.4) is 0 Å². The van der Waals surface area contributed by atoms with Gasteiger partial charge in [-0.3, -0.25) is 4.79 Å². The summed E-state index contributed by atoms with van der Waals surface area (Å²) in [6, 6.07) is 14.6. The van der Waals surface area contributed by atoms with Crippen molar-refractivity contribution in [3.63, 3.8) is 0 Å². The largest absolute Gasteiger partial charge is 0.508 e. The van der Waals surface area contributed by atoms with Crippen LogP contribution in [0.1, 0.15) is 35.1 Å². The number of fused-ring (bicyclic) bond motifs is 1. The van der Waals surface area contributed by atoms with E-state index < -0.39 is 5.41 Å². The number of nitriles is 1. The van der Waals surface area contributed by atoms with Gasteiger partial charge in [0.1, 0.15) is 11.3 Å². The van der Waals surface area contributed by atoms with Gasteiger partial charge in [-0.1, -0.05) is 29.5 Å². The maximum absolute atomic E-state index is 13.2. The number of aromatic nitrogens is 2. The van der Waals surface area contributed by atoms with E-state index in [9.17, 15) is 15.2 Å². The molecule has 27 heavy (non-hydrogen) atoms. The normalized spacial score (nSPS) is 20.7. The molecule has 2 aromatic carbocycles. The Bertz CT molecular complexity index is 1060. The van der Waals surface area contributed by atoms with Gasteiger partial charge in [-0.15, -0.1) is 10.2 Å². The number of phenols is 1. The molecule has 134 valence electrons. The van der Waals surface area contributed by atoms with Crippen molar-refractivity contribution in [1.29, 1.82) is 5.26 Å². The Labute approximate surface area is 160 Å². The summed E-state index contributed by atoms with van der Waals surface area (Å²) in [7, 11) is 0. The molecule has 2 N–H and O–H groups in total. The highest BCUT2D eigenvalue weighted by Crippen LogP contribution is 2.51. The molecule has 0 saturated carbocycles. The van der Waals surface area contributed by atoms with Crippen LogP contribution in [0, 0.1) is 16.7 Å². The third kappa shape index (κ3) is 2.94. The second kappa shape index (κ2) is 6.49. The zero-order valence-corrected chi connectivity index (χ0v) is 15.3. The molecule has 3 aromatic rings. The molecule has 1 aliphatic rings. The molecule has 0 unspecified atom stereocenters. The number of carbonyl (C=O) groups excluding carboxylic acids is 1. The van der Waals surface area contributed by atoms with Crippen LogP contribution in [0.25, 0.3) is 0 Å². The van der Waals surface area contributed by atoms with Crippen LogP contribution < -0.4 is 5.32 Å². The Morgan fingerprint density at radius 3 is 2.93 bits per heavy atom. The monoisotopic (exact) mass is 376 g/mol. The number of nitrogens with zero attached hydrogens (tertiary/aromatic N) is 3. The average molecular weight is 376 g/mol. The molecule has 0 fully saturated rings. The summed E-state index contributed by atoms with van der Waals surface area (Å²) in [4.78, 5) is 13.2. The highest BCUT2D eigenvalue weighted by atomic mass is 32.1. The van der Waals surface area contributed by atoms with E-state index in [1.54, 1.807) is 29.8 Å². The molecule has 1 amide bonds. The van der Waals surface area contributed by atoms with E-state index >= 15 is 0 Å². The summed E-state index contributed by atoms with van der Waals surface area (Å²) in [5.41, 5.74) is 4.11. The number of benzene rings is 2. The van der Waals surface area contributed by atoms with Crippen molar-refractivity contribution >= 4 is 22.4 Å². The van der Waals surface area contributed by atoms with Gasteiger partial charge in [0.05, 0.1) is 17.0 Å². The standard InChI is InChI=1S/C20H16N4O2S/c1-20(18(26)23-19-24-22-11-27-19)9-14-6-5-12(10-21)7-16(14)17(20)13-3-2-4-15(25)8-13/h2-8,11,17,25H,9H2,1H3,(H,23,24,26)/t17-,20+/m0/s1. The molecule has 2 atom stereocenters. The molecule has 1 aromatic heterocycles.